The predicted molar refractivity (Wildman–Crippen MR) is 84.2 cm³/mol. The standard InChI is InChI=1S/C16H11BrN2O3/c17-13-5-3-12(4-6-13)16(21)22-10-15(20)19-14-7-1-11(9-18)2-8-14/h1-8H,10H2,(H,19,20). The third kappa shape index (κ3) is 4.43. The van der Waals surface area contributed by atoms with Crippen LogP contribution < -0.4 is 5.32 Å². The third-order valence-electron chi connectivity index (χ3n) is 2.71. The average Bonchev–Trinajstić information content (AvgIpc) is 2.54. The zero-order valence-corrected chi connectivity index (χ0v) is 13.0. The molecule has 0 spiro atoms. The molecule has 0 saturated heterocycles. The minimum Gasteiger partial charge on any atom is -0.452 e. The SMILES string of the molecule is N#Cc1ccc(NC(=O)COC(=O)c2ccc(Br)cc2)cc1. The molecule has 0 saturated carbocycles. The van der Waals surface area contributed by atoms with Gasteiger partial charge < -0.3 is 10.1 Å². The highest BCUT2D eigenvalue weighted by atomic mass is 79.9. The summed E-state index contributed by atoms with van der Waals surface area (Å²) in [5, 5.41) is 11.3. The van der Waals surface area contributed by atoms with E-state index in [9.17, 15) is 9.59 Å². The highest BCUT2D eigenvalue weighted by molar-refractivity contribution is 9.10. The molecule has 0 aromatic heterocycles. The number of rotatable bonds is 4. The molecule has 0 bridgehead atoms. The molecule has 0 unspecified atom stereocenters. The van der Waals surface area contributed by atoms with Gasteiger partial charge in [-0.25, -0.2) is 4.79 Å². The molecule has 0 aliphatic rings. The second-order valence-electron chi connectivity index (χ2n) is 4.32. The van der Waals surface area contributed by atoms with Crippen molar-refractivity contribution in [1.29, 1.82) is 5.26 Å². The van der Waals surface area contributed by atoms with E-state index in [-0.39, 0.29) is 6.61 Å². The summed E-state index contributed by atoms with van der Waals surface area (Å²) >= 11 is 3.27. The zero-order chi connectivity index (χ0) is 15.9. The van der Waals surface area contributed by atoms with E-state index < -0.39 is 11.9 Å². The van der Waals surface area contributed by atoms with Gasteiger partial charge in [-0.05, 0) is 48.5 Å². The van der Waals surface area contributed by atoms with E-state index in [4.69, 9.17) is 10.00 Å². The summed E-state index contributed by atoms with van der Waals surface area (Å²) in [6, 6.07) is 15.0. The van der Waals surface area contributed by atoms with Crippen LogP contribution in [0, 0.1) is 11.3 Å². The number of esters is 1. The molecule has 1 amide bonds. The minimum absolute atomic E-state index is 0.370. The molecule has 110 valence electrons. The molecule has 1 N–H and O–H groups in total. The van der Waals surface area contributed by atoms with Crippen LogP contribution in [0.2, 0.25) is 0 Å². The predicted octanol–water partition coefficient (Wildman–Crippen LogP) is 3.12. The smallest absolute Gasteiger partial charge is 0.338 e. The summed E-state index contributed by atoms with van der Waals surface area (Å²) in [4.78, 5) is 23.4. The maximum absolute atomic E-state index is 11.7. The number of carbonyl (C=O) groups excluding carboxylic acids is 2. The Kier molecular flexibility index (Phi) is 5.28. The zero-order valence-electron chi connectivity index (χ0n) is 11.4. The van der Waals surface area contributed by atoms with Crippen molar-refractivity contribution in [3.05, 3.63) is 64.1 Å². The second kappa shape index (κ2) is 7.38. The number of nitrogens with one attached hydrogen (secondary N) is 1. The Bertz CT molecular complexity index is 719. The van der Waals surface area contributed by atoms with Gasteiger partial charge in [-0.3, -0.25) is 4.79 Å². The first kappa shape index (κ1) is 15.7. The lowest BCUT2D eigenvalue weighted by atomic mass is 10.2. The maximum Gasteiger partial charge on any atom is 0.338 e. The number of hydrogen-bond acceptors (Lipinski definition) is 4. The highest BCUT2D eigenvalue weighted by Crippen LogP contribution is 2.12. The van der Waals surface area contributed by atoms with Crippen molar-refractivity contribution in [3.8, 4) is 6.07 Å². The molecule has 2 rings (SSSR count). The Morgan fingerprint density at radius 1 is 1.09 bits per heavy atom. The third-order valence-corrected chi connectivity index (χ3v) is 3.24. The van der Waals surface area contributed by atoms with E-state index >= 15 is 0 Å². The van der Waals surface area contributed by atoms with E-state index in [2.05, 4.69) is 21.2 Å². The van der Waals surface area contributed by atoms with Crippen LogP contribution in [-0.2, 0) is 9.53 Å². The Balaban J connectivity index is 1.85. The second-order valence-corrected chi connectivity index (χ2v) is 5.24. The molecule has 22 heavy (non-hydrogen) atoms. The quantitative estimate of drug-likeness (QED) is 0.851. The highest BCUT2D eigenvalue weighted by Gasteiger charge is 2.10. The summed E-state index contributed by atoms with van der Waals surface area (Å²) in [6.45, 7) is -0.380. The molecule has 2 aromatic rings. The van der Waals surface area contributed by atoms with Gasteiger partial charge in [0.05, 0.1) is 17.2 Å². The van der Waals surface area contributed by atoms with Gasteiger partial charge in [0.15, 0.2) is 6.61 Å². The lowest BCUT2D eigenvalue weighted by Gasteiger charge is -2.06. The largest absolute Gasteiger partial charge is 0.452 e. The van der Waals surface area contributed by atoms with E-state index in [1.54, 1.807) is 48.5 Å². The van der Waals surface area contributed by atoms with Crippen molar-refractivity contribution in [1.82, 2.24) is 0 Å². The van der Waals surface area contributed by atoms with Gasteiger partial charge in [-0.15, -0.1) is 0 Å². The van der Waals surface area contributed by atoms with E-state index in [0.717, 1.165) is 4.47 Å². The van der Waals surface area contributed by atoms with Crippen LogP contribution >= 0.6 is 15.9 Å². The van der Waals surface area contributed by atoms with Crippen LogP contribution in [0.1, 0.15) is 15.9 Å². The minimum atomic E-state index is -0.567. The average molecular weight is 359 g/mol. The van der Waals surface area contributed by atoms with Crippen LogP contribution in [-0.4, -0.2) is 18.5 Å². The summed E-state index contributed by atoms with van der Waals surface area (Å²) < 4.78 is 5.78. The monoisotopic (exact) mass is 358 g/mol. The van der Waals surface area contributed by atoms with Crippen molar-refractivity contribution in [2.75, 3.05) is 11.9 Å². The van der Waals surface area contributed by atoms with Crippen LogP contribution in [0.25, 0.3) is 0 Å². The number of nitrogens with zero attached hydrogens (tertiary/aromatic N) is 1. The number of amides is 1. The van der Waals surface area contributed by atoms with Crippen molar-refractivity contribution in [2.24, 2.45) is 0 Å². The molecule has 0 aliphatic carbocycles. The maximum atomic E-state index is 11.7. The van der Waals surface area contributed by atoms with Crippen molar-refractivity contribution in [2.45, 2.75) is 0 Å². The molecular formula is C16H11BrN2O3. The number of benzene rings is 2. The van der Waals surface area contributed by atoms with Crippen molar-refractivity contribution in [3.63, 3.8) is 0 Å². The molecule has 0 fully saturated rings. The first-order valence-corrected chi connectivity index (χ1v) is 7.10. The van der Waals surface area contributed by atoms with Crippen molar-refractivity contribution >= 4 is 33.5 Å². The summed E-state index contributed by atoms with van der Waals surface area (Å²) in [7, 11) is 0. The van der Waals surface area contributed by atoms with Gasteiger partial charge in [-0.1, -0.05) is 15.9 Å². The van der Waals surface area contributed by atoms with Gasteiger partial charge in [-0.2, -0.15) is 5.26 Å². The van der Waals surface area contributed by atoms with Crippen molar-refractivity contribution < 1.29 is 14.3 Å². The Labute approximate surface area is 135 Å². The molecule has 0 heterocycles. The number of anilines is 1. The fraction of sp³-hybridized carbons (Fsp3) is 0.0625. The fourth-order valence-electron chi connectivity index (χ4n) is 1.63. The molecule has 2 aromatic carbocycles. The van der Waals surface area contributed by atoms with Gasteiger partial charge in [0.2, 0.25) is 0 Å². The fourth-order valence-corrected chi connectivity index (χ4v) is 1.89. The van der Waals surface area contributed by atoms with Crippen LogP contribution in [0.15, 0.2) is 53.0 Å². The van der Waals surface area contributed by atoms with E-state index in [1.807, 2.05) is 6.07 Å². The number of halogens is 1. The lowest BCUT2D eigenvalue weighted by Crippen LogP contribution is -2.20. The summed E-state index contributed by atoms with van der Waals surface area (Å²) in [5.41, 5.74) is 1.40. The first-order chi connectivity index (χ1) is 10.6. The summed E-state index contributed by atoms with van der Waals surface area (Å²) in [5.74, 6) is -1.02. The number of ether oxygens (including phenoxy) is 1. The van der Waals surface area contributed by atoms with Crippen LogP contribution in [0.5, 0.6) is 0 Å². The molecule has 0 atom stereocenters. The number of carbonyl (C=O) groups is 2. The Morgan fingerprint density at radius 3 is 2.32 bits per heavy atom. The topological polar surface area (TPSA) is 79.2 Å². The van der Waals surface area contributed by atoms with Gasteiger partial charge in [0, 0.05) is 10.2 Å². The van der Waals surface area contributed by atoms with E-state index in [1.165, 1.54) is 0 Å². The molecule has 0 aliphatic heterocycles. The van der Waals surface area contributed by atoms with E-state index in [0.29, 0.717) is 16.8 Å². The van der Waals surface area contributed by atoms with Gasteiger partial charge in [0.1, 0.15) is 0 Å². The Hall–Kier alpha value is -2.65. The molecule has 5 nitrogen and oxygen atoms in total. The van der Waals surface area contributed by atoms with Gasteiger partial charge >= 0.3 is 5.97 Å². The van der Waals surface area contributed by atoms with Gasteiger partial charge in [0.25, 0.3) is 5.91 Å². The Morgan fingerprint density at radius 2 is 1.73 bits per heavy atom. The van der Waals surface area contributed by atoms with Crippen LogP contribution in [0.3, 0.4) is 0 Å². The first-order valence-electron chi connectivity index (χ1n) is 6.31. The molecular weight excluding hydrogens is 348 g/mol. The normalized spacial score (nSPS) is 9.64. The number of nitriles is 1. The lowest BCUT2D eigenvalue weighted by molar-refractivity contribution is -0.119. The van der Waals surface area contributed by atoms with Crippen LogP contribution in [0.4, 0.5) is 5.69 Å². The summed E-state index contributed by atoms with van der Waals surface area (Å²) in [6.07, 6.45) is 0. The molecule has 6 heteroatoms. The number of hydrogen-bond donors (Lipinski definition) is 1. The molecule has 0 radical (unpaired) electrons.